The van der Waals surface area contributed by atoms with Crippen molar-refractivity contribution in [3.63, 3.8) is 0 Å². The van der Waals surface area contributed by atoms with E-state index in [4.69, 9.17) is 9.15 Å². The Kier molecular flexibility index (Phi) is 3.08. The monoisotopic (exact) mass is 273 g/mol. The molecule has 0 aliphatic carbocycles. The van der Waals surface area contributed by atoms with E-state index < -0.39 is 0 Å². The van der Waals surface area contributed by atoms with Crippen LogP contribution in [0.5, 0.6) is 5.88 Å². The lowest BCUT2D eigenvalue weighted by molar-refractivity contribution is 0.397. The molecule has 3 aromatic rings. The smallest absolute Gasteiger partial charge is 0.234 e. The molecule has 0 aliphatic rings. The maximum absolute atomic E-state index is 5.69. The Morgan fingerprint density at radius 1 is 1.32 bits per heavy atom. The number of thioether (sulfide) groups is 1. The Bertz CT molecular complexity index is 694. The quantitative estimate of drug-likeness (QED) is 0.684. The molecule has 3 aromatic heterocycles. The van der Waals surface area contributed by atoms with E-state index in [0.717, 1.165) is 10.5 Å². The van der Waals surface area contributed by atoms with Crippen molar-refractivity contribution in [2.24, 2.45) is 0 Å². The second kappa shape index (κ2) is 4.89. The largest absolute Gasteiger partial charge is 0.480 e. The summed E-state index contributed by atoms with van der Waals surface area (Å²) in [6.07, 6.45) is 5.43. The Hall–Kier alpha value is -2.08. The average Bonchev–Trinajstić information content (AvgIpc) is 2.90. The summed E-state index contributed by atoms with van der Waals surface area (Å²) in [5.41, 5.74) is 1.95. The predicted molar refractivity (Wildman–Crippen MR) is 73.4 cm³/mol. The summed E-state index contributed by atoms with van der Waals surface area (Å²) in [5.74, 6) is 0.957. The second-order valence-electron chi connectivity index (χ2n) is 3.78. The van der Waals surface area contributed by atoms with Crippen LogP contribution in [0.15, 0.2) is 39.9 Å². The van der Waals surface area contributed by atoms with Gasteiger partial charge in [0, 0.05) is 17.3 Å². The first-order valence-electron chi connectivity index (χ1n) is 5.62. The van der Waals surface area contributed by atoms with Crippen molar-refractivity contribution in [3.05, 3.63) is 30.6 Å². The lowest BCUT2D eigenvalue weighted by Crippen LogP contribution is -1.92. The predicted octanol–water partition coefficient (Wildman–Crippen LogP) is 3.02. The maximum Gasteiger partial charge on any atom is 0.234 e. The molecular formula is C13H11N3O2S. The van der Waals surface area contributed by atoms with Crippen LogP contribution in [0, 0.1) is 0 Å². The number of fused-ring (bicyclic) bond motifs is 1. The standard InChI is InChI=1S/C13H11N3O2S/c1-17-12-9(6-8(19-2)7-15-12)13-16-11-10(18-13)4-3-5-14-11/h3-7H,1-2H3. The molecule has 5 nitrogen and oxygen atoms in total. The third-order valence-electron chi connectivity index (χ3n) is 2.65. The highest BCUT2D eigenvalue weighted by molar-refractivity contribution is 7.98. The van der Waals surface area contributed by atoms with Gasteiger partial charge in [0.05, 0.1) is 7.11 Å². The normalized spacial score (nSPS) is 10.8. The number of hydrogen-bond acceptors (Lipinski definition) is 6. The van der Waals surface area contributed by atoms with E-state index in [0.29, 0.717) is 23.0 Å². The van der Waals surface area contributed by atoms with Crippen molar-refractivity contribution in [3.8, 4) is 17.3 Å². The highest BCUT2D eigenvalue weighted by atomic mass is 32.2. The van der Waals surface area contributed by atoms with Gasteiger partial charge in [-0.05, 0) is 24.5 Å². The summed E-state index contributed by atoms with van der Waals surface area (Å²) in [6, 6.07) is 5.59. The van der Waals surface area contributed by atoms with Crippen LogP contribution in [0.2, 0.25) is 0 Å². The van der Waals surface area contributed by atoms with Crippen molar-refractivity contribution in [2.75, 3.05) is 13.4 Å². The van der Waals surface area contributed by atoms with E-state index >= 15 is 0 Å². The van der Waals surface area contributed by atoms with Crippen molar-refractivity contribution < 1.29 is 9.15 Å². The molecule has 0 spiro atoms. The van der Waals surface area contributed by atoms with Crippen LogP contribution in [-0.2, 0) is 0 Å². The molecular weight excluding hydrogens is 262 g/mol. The van der Waals surface area contributed by atoms with Gasteiger partial charge in [-0.25, -0.2) is 9.97 Å². The summed E-state index contributed by atoms with van der Waals surface area (Å²) in [7, 11) is 1.57. The van der Waals surface area contributed by atoms with Gasteiger partial charge in [-0.1, -0.05) is 0 Å². The Labute approximate surface area is 114 Å². The van der Waals surface area contributed by atoms with Gasteiger partial charge in [0.1, 0.15) is 5.56 Å². The molecule has 3 heterocycles. The van der Waals surface area contributed by atoms with Crippen LogP contribution in [-0.4, -0.2) is 28.3 Å². The fourth-order valence-corrected chi connectivity index (χ4v) is 2.14. The summed E-state index contributed by atoms with van der Waals surface area (Å²) in [6.45, 7) is 0. The van der Waals surface area contributed by atoms with E-state index in [1.165, 1.54) is 0 Å². The fraction of sp³-hybridized carbons (Fsp3) is 0.154. The van der Waals surface area contributed by atoms with Crippen LogP contribution < -0.4 is 4.74 Å². The lowest BCUT2D eigenvalue weighted by atomic mass is 10.3. The molecule has 0 amide bonds. The molecule has 0 saturated heterocycles. The topological polar surface area (TPSA) is 61.0 Å². The summed E-state index contributed by atoms with van der Waals surface area (Å²) in [5, 5.41) is 0. The number of methoxy groups -OCH3 is 1. The first-order chi connectivity index (χ1) is 9.31. The van der Waals surface area contributed by atoms with E-state index in [2.05, 4.69) is 15.0 Å². The molecule has 0 N–H and O–H groups in total. The van der Waals surface area contributed by atoms with Gasteiger partial charge in [0.2, 0.25) is 11.8 Å². The van der Waals surface area contributed by atoms with Crippen LogP contribution in [0.3, 0.4) is 0 Å². The van der Waals surface area contributed by atoms with Gasteiger partial charge in [-0.3, -0.25) is 0 Å². The fourth-order valence-electron chi connectivity index (χ4n) is 1.74. The van der Waals surface area contributed by atoms with Crippen LogP contribution >= 0.6 is 11.8 Å². The number of aromatic nitrogens is 3. The third-order valence-corrected chi connectivity index (χ3v) is 3.35. The number of hydrogen-bond donors (Lipinski definition) is 0. The molecule has 0 bridgehead atoms. The summed E-state index contributed by atoms with van der Waals surface area (Å²) >= 11 is 1.60. The lowest BCUT2D eigenvalue weighted by Gasteiger charge is -2.05. The minimum atomic E-state index is 0.467. The minimum Gasteiger partial charge on any atom is -0.480 e. The van der Waals surface area contributed by atoms with Crippen molar-refractivity contribution >= 4 is 23.0 Å². The van der Waals surface area contributed by atoms with E-state index in [-0.39, 0.29) is 0 Å². The summed E-state index contributed by atoms with van der Waals surface area (Å²) < 4.78 is 10.9. The number of rotatable bonds is 3. The zero-order valence-electron chi connectivity index (χ0n) is 10.5. The minimum absolute atomic E-state index is 0.467. The van der Waals surface area contributed by atoms with Gasteiger partial charge in [-0.2, -0.15) is 4.98 Å². The molecule has 0 aromatic carbocycles. The molecule has 19 heavy (non-hydrogen) atoms. The number of oxazole rings is 1. The molecule has 0 aliphatic heterocycles. The molecule has 0 saturated carbocycles. The molecule has 0 atom stereocenters. The molecule has 0 fully saturated rings. The first kappa shape index (κ1) is 12.0. The van der Waals surface area contributed by atoms with Crippen LogP contribution in [0.1, 0.15) is 0 Å². The van der Waals surface area contributed by atoms with E-state index in [1.807, 2.05) is 24.5 Å². The zero-order valence-corrected chi connectivity index (χ0v) is 11.3. The molecule has 96 valence electrons. The highest BCUT2D eigenvalue weighted by Gasteiger charge is 2.15. The number of nitrogens with zero attached hydrogens (tertiary/aromatic N) is 3. The van der Waals surface area contributed by atoms with Gasteiger partial charge in [0.15, 0.2) is 11.2 Å². The van der Waals surface area contributed by atoms with Gasteiger partial charge >= 0.3 is 0 Å². The van der Waals surface area contributed by atoms with E-state index in [9.17, 15) is 0 Å². The third kappa shape index (κ3) is 2.15. The molecule has 6 heteroatoms. The SMILES string of the molecule is COc1ncc(SC)cc1-c1nc2ncccc2o1. The Balaban J connectivity index is 2.19. The summed E-state index contributed by atoms with van der Waals surface area (Å²) in [4.78, 5) is 13.8. The molecule has 0 radical (unpaired) electrons. The number of ether oxygens (including phenoxy) is 1. The maximum atomic E-state index is 5.69. The molecule has 3 rings (SSSR count). The second-order valence-corrected chi connectivity index (χ2v) is 4.66. The van der Waals surface area contributed by atoms with Crippen molar-refractivity contribution in [1.82, 2.24) is 15.0 Å². The van der Waals surface area contributed by atoms with Crippen LogP contribution in [0.4, 0.5) is 0 Å². The molecule has 0 unspecified atom stereocenters. The van der Waals surface area contributed by atoms with Gasteiger partial charge < -0.3 is 9.15 Å². The Morgan fingerprint density at radius 3 is 2.95 bits per heavy atom. The van der Waals surface area contributed by atoms with Crippen LogP contribution in [0.25, 0.3) is 22.7 Å². The average molecular weight is 273 g/mol. The highest BCUT2D eigenvalue weighted by Crippen LogP contribution is 2.32. The Morgan fingerprint density at radius 2 is 2.21 bits per heavy atom. The van der Waals surface area contributed by atoms with Crippen molar-refractivity contribution in [1.29, 1.82) is 0 Å². The van der Waals surface area contributed by atoms with Gasteiger partial charge in [0.25, 0.3) is 0 Å². The van der Waals surface area contributed by atoms with Crippen molar-refractivity contribution in [2.45, 2.75) is 4.90 Å². The van der Waals surface area contributed by atoms with Gasteiger partial charge in [-0.15, -0.1) is 11.8 Å². The zero-order chi connectivity index (χ0) is 13.2. The van der Waals surface area contributed by atoms with E-state index in [1.54, 1.807) is 31.3 Å². The number of pyridine rings is 2. The first-order valence-corrected chi connectivity index (χ1v) is 6.84.